The first kappa shape index (κ1) is 11.8. The molecule has 1 aromatic heterocycles. The zero-order valence-corrected chi connectivity index (χ0v) is 9.47. The molecule has 0 bridgehead atoms. The Morgan fingerprint density at radius 2 is 2.06 bits per heavy atom. The third-order valence-corrected chi connectivity index (χ3v) is 2.35. The van der Waals surface area contributed by atoms with Gasteiger partial charge in [-0.05, 0) is 12.1 Å². The van der Waals surface area contributed by atoms with E-state index in [0.29, 0.717) is 11.1 Å². The summed E-state index contributed by atoms with van der Waals surface area (Å²) >= 11 is 0. The summed E-state index contributed by atoms with van der Waals surface area (Å²) in [7, 11) is 0. The van der Waals surface area contributed by atoms with Gasteiger partial charge in [-0.3, -0.25) is 4.79 Å². The van der Waals surface area contributed by atoms with Crippen LogP contribution in [0, 0.1) is 0 Å². The van der Waals surface area contributed by atoms with E-state index >= 15 is 0 Å². The number of fused-ring (bicyclic) bond motifs is 1. The van der Waals surface area contributed by atoms with E-state index in [9.17, 15) is 14.7 Å². The number of aromatic carboxylic acids is 1. The van der Waals surface area contributed by atoms with Crippen molar-refractivity contribution < 1.29 is 19.8 Å². The SMILES string of the molecule is CC(=O)Nc1cccc2c(O)cc(C(=O)O)nc12. The molecule has 0 unspecified atom stereocenters. The second kappa shape index (κ2) is 4.33. The van der Waals surface area contributed by atoms with Gasteiger partial charge < -0.3 is 15.5 Å². The number of para-hydroxylation sites is 1. The number of carboxylic acid groups (broad SMARTS) is 1. The van der Waals surface area contributed by atoms with Crippen LogP contribution in [0.15, 0.2) is 24.3 Å². The first-order chi connectivity index (χ1) is 8.49. The van der Waals surface area contributed by atoms with E-state index in [4.69, 9.17) is 5.11 Å². The molecule has 2 aromatic rings. The van der Waals surface area contributed by atoms with E-state index < -0.39 is 5.97 Å². The lowest BCUT2D eigenvalue weighted by atomic mass is 10.1. The van der Waals surface area contributed by atoms with Crippen LogP contribution in [0.25, 0.3) is 10.9 Å². The van der Waals surface area contributed by atoms with E-state index in [-0.39, 0.29) is 22.9 Å². The minimum atomic E-state index is -1.25. The maximum Gasteiger partial charge on any atom is 0.354 e. The number of aromatic hydroxyl groups is 1. The van der Waals surface area contributed by atoms with Crippen LogP contribution in [0.4, 0.5) is 5.69 Å². The summed E-state index contributed by atoms with van der Waals surface area (Å²) in [5.74, 6) is -1.74. The van der Waals surface area contributed by atoms with Gasteiger partial charge in [-0.25, -0.2) is 9.78 Å². The fraction of sp³-hybridized carbons (Fsp3) is 0.0833. The highest BCUT2D eigenvalue weighted by Gasteiger charge is 2.13. The second-order valence-corrected chi connectivity index (χ2v) is 3.71. The maximum atomic E-state index is 11.0. The first-order valence-corrected chi connectivity index (χ1v) is 5.12. The minimum absolute atomic E-state index is 0.190. The van der Waals surface area contributed by atoms with Crippen molar-refractivity contribution in [3.63, 3.8) is 0 Å². The summed E-state index contributed by atoms with van der Waals surface area (Å²) in [6.45, 7) is 1.33. The van der Waals surface area contributed by atoms with Crippen LogP contribution >= 0.6 is 0 Å². The zero-order valence-electron chi connectivity index (χ0n) is 9.47. The lowest BCUT2D eigenvalue weighted by molar-refractivity contribution is -0.114. The third kappa shape index (κ3) is 2.08. The number of nitrogens with zero attached hydrogens (tertiary/aromatic N) is 1. The molecule has 92 valence electrons. The number of anilines is 1. The number of hydrogen-bond acceptors (Lipinski definition) is 4. The van der Waals surface area contributed by atoms with Gasteiger partial charge in [0.05, 0.1) is 11.2 Å². The number of nitrogens with one attached hydrogen (secondary N) is 1. The molecule has 6 nitrogen and oxygen atoms in total. The molecule has 0 fully saturated rings. The summed E-state index contributed by atoms with van der Waals surface area (Å²) < 4.78 is 0. The number of amides is 1. The van der Waals surface area contributed by atoms with Crippen LogP contribution in [0.3, 0.4) is 0 Å². The molecule has 1 amide bonds. The Kier molecular flexibility index (Phi) is 2.85. The summed E-state index contributed by atoms with van der Waals surface area (Å²) in [5, 5.41) is 21.5. The molecule has 0 aliphatic heterocycles. The van der Waals surface area contributed by atoms with Crippen molar-refractivity contribution in [2.45, 2.75) is 6.92 Å². The Morgan fingerprint density at radius 3 is 2.67 bits per heavy atom. The fourth-order valence-electron chi connectivity index (χ4n) is 1.63. The average Bonchev–Trinajstić information content (AvgIpc) is 2.29. The average molecular weight is 246 g/mol. The number of carbonyl (C=O) groups is 2. The summed E-state index contributed by atoms with van der Waals surface area (Å²) in [6.07, 6.45) is 0. The monoisotopic (exact) mass is 246 g/mol. The van der Waals surface area contributed by atoms with Gasteiger partial charge in [0.2, 0.25) is 5.91 Å². The van der Waals surface area contributed by atoms with Gasteiger partial charge in [-0.2, -0.15) is 0 Å². The van der Waals surface area contributed by atoms with Crippen molar-refractivity contribution in [3.05, 3.63) is 30.0 Å². The third-order valence-electron chi connectivity index (χ3n) is 2.35. The molecule has 0 aliphatic rings. The Hall–Kier alpha value is -2.63. The topological polar surface area (TPSA) is 99.5 Å². The highest BCUT2D eigenvalue weighted by atomic mass is 16.4. The molecule has 6 heteroatoms. The Labute approximate surface area is 102 Å². The van der Waals surface area contributed by atoms with Gasteiger partial charge in [0.1, 0.15) is 5.75 Å². The molecular weight excluding hydrogens is 236 g/mol. The van der Waals surface area contributed by atoms with Crippen molar-refractivity contribution in [1.29, 1.82) is 0 Å². The number of benzene rings is 1. The van der Waals surface area contributed by atoms with Gasteiger partial charge >= 0.3 is 5.97 Å². The Morgan fingerprint density at radius 1 is 1.33 bits per heavy atom. The zero-order chi connectivity index (χ0) is 13.3. The van der Waals surface area contributed by atoms with Gasteiger partial charge in [0.15, 0.2) is 5.69 Å². The molecule has 1 heterocycles. The standard InChI is InChI=1S/C12H10N2O4/c1-6(15)13-8-4-2-3-7-10(16)5-9(12(17)18)14-11(7)8/h2-5H,1H3,(H,13,15)(H,14,16)(H,17,18). The van der Waals surface area contributed by atoms with E-state index in [0.717, 1.165) is 6.07 Å². The summed E-state index contributed by atoms with van der Waals surface area (Å²) in [6, 6.07) is 5.88. The van der Waals surface area contributed by atoms with Crippen LogP contribution in [0.5, 0.6) is 5.75 Å². The lowest BCUT2D eigenvalue weighted by Gasteiger charge is -2.08. The van der Waals surface area contributed by atoms with Crippen molar-refractivity contribution in [2.24, 2.45) is 0 Å². The fourth-order valence-corrected chi connectivity index (χ4v) is 1.63. The number of carboxylic acids is 1. The van der Waals surface area contributed by atoms with E-state index in [1.54, 1.807) is 18.2 Å². The van der Waals surface area contributed by atoms with Crippen LogP contribution in [0.1, 0.15) is 17.4 Å². The molecule has 18 heavy (non-hydrogen) atoms. The van der Waals surface area contributed by atoms with Crippen molar-refractivity contribution in [1.82, 2.24) is 4.98 Å². The molecule has 2 rings (SSSR count). The van der Waals surface area contributed by atoms with Gasteiger partial charge in [0, 0.05) is 18.4 Å². The number of hydrogen-bond donors (Lipinski definition) is 3. The predicted molar refractivity (Wildman–Crippen MR) is 64.7 cm³/mol. The quantitative estimate of drug-likeness (QED) is 0.747. The Balaban J connectivity index is 2.73. The van der Waals surface area contributed by atoms with Crippen LogP contribution in [0.2, 0.25) is 0 Å². The molecule has 0 saturated heterocycles. The number of pyridine rings is 1. The van der Waals surface area contributed by atoms with Crippen molar-refractivity contribution in [3.8, 4) is 5.75 Å². The van der Waals surface area contributed by atoms with Gasteiger partial charge in [-0.1, -0.05) is 6.07 Å². The van der Waals surface area contributed by atoms with Crippen molar-refractivity contribution >= 4 is 28.5 Å². The minimum Gasteiger partial charge on any atom is -0.507 e. The molecular formula is C12H10N2O4. The Bertz CT molecular complexity index is 652. The van der Waals surface area contributed by atoms with E-state index in [2.05, 4.69) is 10.3 Å². The highest BCUT2D eigenvalue weighted by molar-refractivity contribution is 6.03. The molecule has 0 radical (unpaired) electrons. The number of aromatic nitrogens is 1. The van der Waals surface area contributed by atoms with E-state index in [1.165, 1.54) is 6.92 Å². The van der Waals surface area contributed by atoms with Crippen LogP contribution in [-0.4, -0.2) is 27.1 Å². The molecule has 0 spiro atoms. The number of carbonyl (C=O) groups excluding carboxylic acids is 1. The molecule has 0 aliphatic carbocycles. The molecule has 0 saturated carbocycles. The number of rotatable bonds is 2. The molecule has 0 atom stereocenters. The van der Waals surface area contributed by atoms with Crippen LogP contribution in [-0.2, 0) is 4.79 Å². The normalized spacial score (nSPS) is 10.3. The highest BCUT2D eigenvalue weighted by Crippen LogP contribution is 2.29. The van der Waals surface area contributed by atoms with E-state index in [1.807, 2.05) is 0 Å². The van der Waals surface area contributed by atoms with Gasteiger partial charge in [-0.15, -0.1) is 0 Å². The smallest absolute Gasteiger partial charge is 0.354 e. The lowest BCUT2D eigenvalue weighted by Crippen LogP contribution is -2.08. The van der Waals surface area contributed by atoms with Crippen molar-refractivity contribution in [2.75, 3.05) is 5.32 Å². The second-order valence-electron chi connectivity index (χ2n) is 3.71. The first-order valence-electron chi connectivity index (χ1n) is 5.12. The predicted octanol–water partition coefficient (Wildman–Crippen LogP) is 1.60. The maximum absolute atomic E-state index is 11.0. The molecule has 3 N–H and O–H groups in total. The van der Waals surface area contributed by atoms with Gasteiger partial charge in [0.25, 0.3) is 0 Å². The largest absolute Gasteiger partial charge is 0.507 e. The molecule has 1 aromatic carbocycles. The summed E-state index contributed by atoms with van der Waals surface area (Å²) in [4.78, 5) is 25.8. The van der Waals surface area contributed by atoms with Crippen LogP contribution < -0.4 is 5.32 Å². The summed E-state index contributed by atoms with van der Waals surface area (Å²) in [5.41, 5.74) is 0.321.